The Morgan fingerprint density at radius 2 is 2.34 bits per heavy atom. The highest BCUT2D eigenvalue weighted by Gasteiger charge is 2.47. The van der Waals surface area contributed by atoms with E-state index in [2.05, 4.69) is 32.2 Å². The number of nitrogens with one attached hydrogen (secondary N) is 2. The minimum absolute atomic E-state index is 0.0416. The smallest absolute Gasteiger partial charge is 0.379 e. The molecule has 3 aliphatic rings. The lowest BCUT2D eigenvalue weighted by atomic mass is 9.84. The van der Waals surface area contributed by atoms with Gasteiger partial charge in [0.1, 0.15) is 11.0 Å². The molecule has 0 unspecified atom stereocenters. The Morgan fingerprint density at radius 3 is 3.24 bits per heavy atom. The summed E-state index contributed by atoms with van der Waals surface area (Å²) in [7, 11) is 0. The van der Waals surface area contributed by atoms with Crippen LogP contribution in [-0.4, -0.2) is 36.2 Å². The third-order valence-electron chi connectivity index (χ3n) is 6.06. The van der Waals surface area contributed by atoms with Crippen LogP contribution in [0.25, 0.3) is 15.9 Å². The molecule has 3 aromatic rings. The molecule has 2 aromatic heterocycles. The number of aromatic nitrogens is 1. The van der Waals surface area contributed by atoms with E-state index in [0.29, 0.717) is 11.6 Å². The largest absolute Gasteiger partial charge is 0.405 e. The molecule has 1 spiro atoms. The Morgan fingerprint density at radius 1 is 1.38 bits per heavy atom. The maximum atomic E-state index is 14.6. The van der Waals surface area contributed by atoms with Crippen LogP contribution in [-0.2, 0) is 4.74 Å². The normalized spacial score (nSPS) is 25.1. The van der Waals surface area contributed by atoms with E-state index in [4.69, 9.17) is 4.74 Å². The van der Waals surface area contributed by atoms with E-state index in [1.807, 2.05) is 0 Å². The summed E-state index contributed by atoms with van der Waals surface area (Å²) in [5.74, 6) is 3.09. The van der Waals surface area contributed by atoms with Crippen LogP contribution in [0.4, 0.5) is 10.1 Å². The molecular weight excluding hydrogens is 407 g/mol. The average Bonchev–Trinajstić information content (AvgIpc) is 3.50. The summed E-state index contributed by atoms with van der Waals surface area (Å²) in [5, 5.41) is 7.93. The first kappa shape index (κ1) is 17.5. The van der Waals surface area contributed by atoms with E-state index >= 15 is 0 Å². The molecule has 0 aliphatic carbocycles. The van der Waals surface area contributed by atoms with Crippen LogP contribution in [0.1, 0.15) is 23.6 Å². The number of hydrogen-bond donors (Lipinski definition) is 2. The van der Waals surface area contributed by atoms with Crippen molar-refractivity contribution in [3.63, 3.8) is 0 Å². The van der Waals surface area contributed by atoms with Gasteiger partial charge in [0.05, 0.1) is 45.3 Å². The van der Waals surface area contributed by atoms with Crippen LogP contribution in [0.2, 0.25) is 0 Å². The van der Waals surface area contributed by atoms with Crippen LogP contribution in [0.5, 0.6) is 0 Å². The molecule has 2 fully saturated rings. The molecule has 2 saturated heterocycles. The fourth-order valence-electron chi connectivity index (χ4n) is 4.58. The molecule has 0 amide bonds. The van der Waals surface area contributed by atoms with Gasteiger partial charge in [0, 0.05) is 17.4 Å². The number of hydrogen-bond acceptors (Lipinski definition) is 6. The van der Waals surface area contributed by atoms with Crippen molar-refractivity contribution in [3.05, 3.63) is 50.4 Å². The van der Waals surface area contributed by atoms with Gasteiger partial charge in [-0.1, -0.05) is 11.3 Å². The molecule has 6 rings (SSSR count). The molecule has 2 atom stereocenters. The van der Waals surface area contributed by atoms with Gasteiger partial charge in [-0.2, -0.15) is 0 Å². The molecule has 1 aromatic carbocycles. The third kappa shape index (κ3) is 2.81. The maximum absolute atomic E-state index is 14.6. The van der Waals surface area contributed by atoms with Gasteiger partial charge in [0.2, 0.25) is 0 Å². The molecular formula is C21H18FN4OS2+. The summed E-state index contributed by atoms with van der Waals surface area (Å²) >= 11 is 3.14. The first-order chi connectivity index (χ1) is 14.2. The number of rotatable bonds is 3. The van der Waals surface area contributed by atoms with Crippen LogP contribution in [0.15, 0.2) is 29.8 Å². The summed E-state index contributed by atoms with van der Waals surface area (Å²) in [6.45, 7) is 2.58. The topological polar surface area (TPSA) is 60.3 Å². The number of nitrogens with zero attached hydrogens (tertiary/aromatic N) is 2. The number of thiophene rings is 1. The van der Waals surface area contributed by atoms with E-state index < -0.39 is 0 Å². The van der Waals surface area contributed by atoms with E-state index in [-0.39, 0.29) is 11.4 Å². The molecule has 0 bridgehead atoms. The highest BCUT2D eigenvalue weighted by atomic mass is 32.1. The van der Waals surface area contributed by atoms with Crippen molar-refractivity contribution in [1.29, 1.82) is 0 Å². The van der Waals surface area contributed by atoms with Gasteiger partial charge in [0.25, 0.3) is 0 Å². The van der Waals surface area contributed by atoms with E-state index in [1.165, 1.54) is 22.3 Å². The van der Waals surface area contributed by atoms with Crippen molar-refractivity contribution >= 4 is 50.1 Å². The highest BCUT2D eigenvalue weighted by molar-refractivity contribution is 7.16. The second-order valence-corrected chi connectivity index (χ2v) is 9.62. The Balaban J connectivity index is 1.42. The zero-order valence-corrected chi connectivity index (χ0v) is 17.1. The maximum Gasteiger partial charge on any atom is 0.405 e. The molecule has 3 aliphatic heterocycles. The highest BCUT2D eigenvalue weighted by Crippen LogP contribution is 2.41. The molecule has 5 heterocycles. The van der Waals surface area contributed by atoms with E-state index in [1.54, 1.807) is 29.0 Å². The van der Waals surface area contributed by atoms with Crippen molar-refractivity contribution in [1.82, 2.24) is 15.0 Å². The van der Waals surface area contributed by atoms with Gasteiger partial charge in [-0.3, -0.25) is 0 Å². The summed E-state index contributed by atoms with van der Waals surface area (Å²) in [5.41, 5.74) is 3.79. The number of ether oxygens (including phenoxy) is 1. The fourth-order valence-corrected chi connectivity index (χ4v) is 6.53. The van der Waals surface area contributed by atoms with Crippen molar-refractivity contribution in [2.45, 2.75) is 24.3 Å². The Bertz CT molecular complexity index is 1320. The minimum Gasteiger partial charge on any atom is -0.379 e. The predicted molar refractivity (Wildman–Crippen MR) is 115 cm³/mol. The van der Waals surface area contributed by atoms with Crippen molar-refractivity contribution in [2.24, 2.45) is 0 Å². The lowest BCUT2D eigenvalue weighted by Gasteiger charge is -2.28. The monoisotopic (exact) mass is 425 g/mol. The summed E-state index contributed by atoms with van der Waals surface area (Å²) in [6, 6.07) is 5.50. The zero-order chi connectivity index (χ0) is 19.4. The van der Waals surface area contributed by atoms with E-state index in [9.17, 15) is 4.39 Å². The molecule has 29 heavy (non-hydrogen) atoms. The standard InChI is InChI=1S/C21H17FN4OS2/c22-14-8-19-17(24-11-28-19)9-16(14)26-15-2-4-23-20-12(15)7-18(29-20)13-1-5-25-21(13)3-6-27-10-21/h2,7-9,11,13,25H,1,3,5-6,10H2/p+1/t13-,21-/m0/s1. The van der Waals surface area contributed by atoms with Gasteiger partial charge in [-0.05, 0) is 42.3 Å². The van der Waals surface area contributed by atoms with Crippen molar-refractivity contribution < 1.29 is 9.13 Å². The lowest BCUT2D eigenvalue weighted by Crippen LogP contribution is -2.44. The SMILES string of the molecule is Fc1cc2scnc2cc1NC1=c2cc([C@@H]3CCN[C@]34CCOC4)sc2=[N+]=C=C1. The Kier molecular flexibility index (Phi) is 4.00. The number of fused-ring (bicyclic) bond motifs is 2. The zero-order valence-electron chi connectivity index (χ0n) is 15.5. The molecule has 8 heteroatoms. The Labute approximate surface area is 174 Å². The van der Waals surface area contributed by atoms with Crippen molar-refractivity contribution in [2.75, 3.05) is 25.1 Å². The molecule has 0 saturated carbocycles. The molecule has 0 radical (unpaired) electrons. The van der Waals surface area contributed by atoms with Gasteiger partial charge in [-0.15, -0.1) is 11.3 Å². The van der Waals surface area contributed by atoms with Gasteiger partial charge >= 0.3 is 10.5 Å². The summed E-state index contributed by atoms with van der Waals surface area (Å²) < 4.78 is 26.5. The van der Waals surface area contributed by atoms with Crippen LogP contribution < -0.4 is 25.2 Å². The minimum atomic E-state index is -0.288. The molecule has 2 N–H and O–H groups in total. The number of halogens is 1. The predicted octanol–water partition coefficient (Wildman–Crippen LogP) is 1.88. The average molecular weight is 426 g/mol. The van der Waals surface area contributed by atoms with E-state index in [0.717, 1.165) is 58.4 Å². The number of anilines is 1. The van der Waals surface area contributed by atoms with Gasteiger partial charge < -0.3 is 15.4 Å². The summed E-state index contributed by atoms with van der Waals surface area (Å²) in [4.78, 5) is 5.60. The van der Waals surface area contributed by atoms with Crippen LogP contribution >= 0.6 is 22.7 Å². The third-order valence-corrected chi connectivity index (χ3v) is 7.99. The molecule has 146 valence electrons. The Hall–Kier alpha value is -2.31. The van der Waals surface area contributed by atoms with Crippen LogP contribution in [0, 0.1) is 5.82 Å². The second kappa shape index (κ2) is 6.61. The number of benzene rings is 1. The van der Waals surface area contributed by atoms with Gasteiger partial charge in [0.15, 0.2) is 0 Å². The lowest BCUT2D eigenvalue weighted by molar-refractivity contribution is 0.168. The van der Waals surface area contributed by atoms with Crippen LogP contribution in [0.3, 0.4) is 0 Å². The van der Waals surface area contributed by atoms with Crippen molar-refractivity contribution in [3.8, 4) is 0 Å². The first-order valence-electron chi connectivity index (χ1n) is 9.65. The quantitative estimate of drug-likeness (QED) is 0.629. The first-order valence-corrected chi connectivity index (χ1v) is 11.3. The number of thiazole rings is 1. The summed E-state index contributed by atoms with van der Waals surface area (Å²) in [6.07, 6.45) is 3.91. The fraction of sp³-hybridized carbons (Fsp3) is 0.333. The second-order valence-electron chi connectivity index (χ2n) is 7.67. The van der Waals surface area contributed by atoms with Gasteiger partial charge in [-0.25, -0.2) is 9.37 Å². The molecule has 5 nitrogen and oxygen atoms in total.